The number of hydrogen-bond donors (Lipinski definition) is 1. The highest BCUT2D eigenvalue weighted by atomic mass is 32.2. The smallest absolute Gasteiger partial charge is 0.321 e. The molecule has 0 bridgehead atoms. The van der Waals surface area contributed by atoms with Gasteiger partial charge in [0, 0.05) is 17.4 Å². The van der Waals surface area contributed by atoms with Gasteiger partial charge in [0.1, 0.15) is 12.0 Å². The molecule has 1 unspecified atom stereocenters. The van der Waals surface area contributed by atoms with E-state index in [0.717, 1.165) is 0 Å². The van der Waals surface area contributed by atoms with Crippen molar-refractivity contribution in [3.63, 3.8) is 0 Å². The Balaban J connectivity index is 2.80. The number of hydrogen-bond acceptors (Lipinski definition) is 4. The molecule has 0 fully saturated rings. The normalized spacial score (nSPS) is 18.4. The summed E-state index contributed by atoms with van der Waals surface area (Å²) < 4.78 is 10.8. The highest BCUT2D eigenvalue weighted by Crippen LogP contribution is 1.99. The zero-order valence-electron chi connectivity index (χ0n) is 5.83. The second kappa shape index (κ2) is 3.39. The first kappa shape index (κ1) is 8.07. The summed E-state index contributed by atoms with van der Waals surface area (Å²) in [6.45, 7) is 0. The molecule has 4 nitrogen and oxygen atoms in total. The van der Waals surface area contributed by atoms with Gasteiger partial charge >= 0.3 is 5.17 Å². The molecule has 0 aromatic carbocycles. The lowest BCUT2D eigenvalue weighted by Crippen LogP contribution is -2.31. The van der Waals surface area contributed by atoms with Crippen LogP contribution in [-0.4, -0.2) is 21.9 Å². The van der Waals surface area contributed by atoms with E-state index in [2.05, 4.69) is 10.3 Å². The van der Waals surface area contributed by atoms with Gasteiger partial charge in [-0.15, -0.1) is 0 Å². The SMILES string of the molecule is C[S+]([O-])C1=NC=CC(=C=O)N1. The number of carbonyl (C=O) groups excluding carboxylic acids is 1. The van der Waals surface area contributed by atoms with Crippen molar-refractivity contribution in [2.24, 2.45) is 4.99 Å². The van der Waals surface area contributed by atoms with Gasteiger partial charge in [0.25, 0.3) is 0 Å². The van der Waals surface area contributed by atoms with E-state index < -0.39 is 11.2 Å². The van der Waals surface area contributed by atoms with Gasteiger partial charge in [-0.05, 0) is 6.08 Å². The average molecular weight is 170 g/mol. The Labute approximate surface area is 66.9 Å². The van der Waals surface area contributed by atoms with Gasteiger partial charge in [-0.1, -0.05) is 0 Å². The fraction of sp³-hybridized carbons (Fsp3) is 0.167. The highest BCUT2D eigenvalue weighted by Gasteiger charge is 2.13. The topological polar surface area (TPSA) is 64.5 Å². The summed E-state index contributed by atoms with van der Waals surface area (Å²) in [5, 5.41) is 2.84. The first-order valence-corrected chi connectivity index (χ1v) is 4.40. The van der Waals surface area contributed by atoms with E-state index >= 15 is 0 Å². The molecule has 1 rings (SSSR count). The van der Waals surface area contributed by atoms with Crippen LogP contribution in [0.25, 0.3) is 0 Å². The number of amidine groups is 1. The summed E-state index contributed by atoms with van der Waals surface area (Å²) in [6, 6.07) is 0. The maximum atomic E-state index is 10.8. The lowest BCUT2D eigenvalue weighted by atomic mass is 10.4. The van der Waals surface area contributed by atoms with Crippen molar-refractivity contribution in [1.82, 2.24) is 5.32 Å². The number of nitrogens with one attached hydrogen (secondary N) is 1. The Morgan fingerprint density at radius 1 is 1.82 bits per heavy atom. The summed E-state index contributed by atoms with van der Waals surface area (Å²) in [4.78, 5) is 13.9. The number of allylic oxidation sites excluding steroid dienone is 1. The molecule has 0 amide bonds. The van der Waals surface area contributed by atoms with E-state index in [1.807, 2.05) is 0 Å². The van der Waals surface area contributed by atoms with E-state index in [0.29, 0.717) is 0 Å². The van der Waals surface area contributed by atoms with Crippen LogP contribution in [0.15, 0.2) is 23.0 Å². The van der Waals surface area contributed by atoms with E-state index in [1.54, 1.807) is 5.94 Å². The van der Waals surface area contributed by atoms with Crippen LogP contribution in [0.3, 0.4) is 0 Å². The molecule has 1 heterocycles. The largest absolute Gasteiger partial charge is 0.609 e. The Hall–Kier alpha value is -1.03. The van der Waals surface area contributed by atoms with Crippen LogP contribution in [0.4, 0.5) is 0 Å². The van der Waals surface area contributed by atoms with E-state index in [4.69, 9.17) is 0 Å². The summed E-state index contributed by atoms with van der Waals surface area (Å²) in [5.41, 5.74) is 0.255. The molecule has 58 valence electrons. The maximum absolute atomic E-state index is 10.8. The van der Waals surface area contributed by atoms with E-state index in [9.17, 15) is 9.35 Å². The third-order valence-corrected chi connectivity index (χ3v) is 1.81. The summed E-state index contributed by atoms with van der Waals surface area (Å²) in [6.07, 6.45) is 4.35. The molecule has 0 saturated carbocycles. The standard InChI is InChI=1S/C6H6N2O2S/c1-11(10)6-7-3-2-5(4-9)8-6/h2-3H,1H3,(H,7,8). The lowest BCUT2D eigenvalue weighted by molar-refractivity contribution is 0.566. The van der Waals surface area contributed by atoms with Crippen molar-refractivity contribution in [2.75, 3.05) is 6.26 Å². The first-order valence-electron chi connectivity index (χ1n) is 2.84. The molecule has 1 N–H and O–H groups in total. The monoisotopic (exact) mass is 170 g/mol. The van der Waals surface area contributed by atoms with Crippen LogP contribution in [0, 0.1) is 0 Å². The van der Waals surface area contributed by atoms with Crippen LogP contribution in [0.5, 0.6) is 0 Å². The van der Waals surface area contributed by atoms with E-state index in [-0.39, 0.29) is 10.9 Å². The molecular weight excluding hydrogens is 164 g/mol. The first-order chi connectivity index (χ1) is 5.24. The number of rotatable bonds is 0. The minimum absolute atomic E-state index is 0.255. The highest BCUT2D eigenvalue weighted by molar-refractivity contribution is 8.05. The Bertz CT molecular complexity index is 264. The van der Waals surface area contributed by atoms with Gasteiger partial charge in [-0.2, -0.15) is 4.99 Å². The van der Waals surface area contributed by atoms with Gasteiger partial charge in [-0.25, -0.2) is 4.79 Å². The van der Waals surface area contributed by atoms with Gasteiger partial charge in [-0.3, -0.25) is 5.32 Å². The summed E-state index contributed by atoms with van der Waals surface area (Å²) >= 11 is -1.19. The van der Waals surface area contributed by atoms with Gasteiger partial charge < -0.3 is 4.55 Å². The van der Waals surface area contributed by atoms with E-state index in [1.165, 1.54) is 18.5 Å². The fourth-order valence-corrected chi connectivity index (χ4v) is 1.04. The number of nitrogens with zero attached hydrogens (tertiary/aromatic N) is 1. The van der Waals surface area contributed by atoms with Crippen molar-refractivity contribution in [2.45, 2.75) is 0 Å². The van der Waals surface area contributed by atoms with Crippen molar-refractivity contribution < 1.29 is 9.35 Å². The Morgan fingerprint density at radius 3 is 3.09 bits per heavy atom. The zero-order valence-corrected chi connectivity index (χ0v) is 6.64. The third kappa shape index (κ3) is 1.94. The van der Waals surface area contributed by atoms with Crippen LogP contribution in [-0.2, 0) is 16.0 Å². The average Bonchev–Trinajstić information content (AvgIpc) is 2.05. The van der Waals surface area contributed by atoms with Gasteiger partial charge in [0.05, 0.1) is 0 Å². The molecular formula is C6H6N2O2S. The predicted molar refractivity (Wildman–Crippen MR) is 43.0 cm³/mol. The summed E-state index contributed by atoms with van der Waals surface area (Å²) in [7, 11) is 0. The second-order valence-electron chi connectivity index (χ2n) is 1.84. The van der Waals surface area contributed by atoms with Crippen molar-refractivity contribution in [3.05, 3.63) is 18.0 Å². The van der Waals surface area contributed by atoms with Crippen LogP contribution >= 0.6 is 0 Å². The fourth-order valence-electron chi connectivity index (χ4n) is 0.574. The molecule has 0 spiro atoms. The Morgan fingerprint density at radius 2 is 2.55 bits per heavy atom. The van der Waals surface area contributed by atoms with Crippen LogP contribution in [0.1, 0.15) is 0 Å². The molecule has 1 atom stereocenters. The van der Waals surface area contributed by atoms with Gasteiger partial charge in [0.15, 0.2) is 5.94 Å². The molecule has 0 saturated heterocycles. The third-order valence-electron chi connectivity index (χ3n) is 1.06. The Kier molecular flexibility index (Phi) is 2.48. The van der Waals surface area contributed by atoms with Crippen LogP contribution < -0.4 is 5.32 Å². The van der Waals surface area contributed by atoms with Crippen molar-refractivity contribution in [1.29, 1.82) is 0 Å². The lowest BCUT2D eigenvalue weighted by Gasteiger charge is -2.09. The zero-order chi connectivity index (χ0) is 8.27. The minimum atomic E-state index is -1.19. The van der Waals surface area contributed by atoms with Crippen molar-refractivity contribution in [3.8, 4) is 0 Å². The molecule has 1 aliphatic rings. The molecule has 0 aromatic heterocycles. The maximum Gasteiger partial charge on any atom is 0.321 e. The van der Waals surface area contributed by atoms with Gasteiger partial charge in [0.2, 0.25) is 0 Å². The molecule has 5 heteroatoms. The van der Waals surface area contributed by atoms with Crippen molar-refractivity contribution >= 4 is 22.3 Å². The molecule has 1 aliphatic heterocycles. The minimum Gasteiger partial charge on any atom is -0.609 e. The molecule has 11 heavy (non-hydrogen) atoms. The van der Waals surface area contributed by atoms with Crippen LogP contribution in [0.2, 0.25) is 0 Å². The predicted octanol–water partition coefficient (Wildman–Crippen LogP) is -0.447. The summed E-state index contributed by atoms with van der Waals surface area (Å²) in [5.74, 6) is 1.64. The number of aliphatic imine (C=N–C) groups is 1. The molecule has 0 aliphatic carbocycles. The quantitative estimate of drug-likeness (QED) is 0.395. The second-order valence-corrected chi connectivity index (χ2v) is 3.14. The molecule has 0 aromatic rings. The molecule has 0 radical (unpaired) electrons.